The van der Waals surface area contributed by atoms with Crippen molar-refractivity contribution < 1.29 is 4.42 Å². The van der Waals surface area contributed by atoms with Crippen molar-refractivity contribution >= 4 is 21.7 Å². The van der Waals surface area contributed by atoms with E-state index in [0.717, 1.165) is 30.9 Å². The lowest BCUT2D eigenvalue weighted by atomic mass is 10.3. The number of hydrogen-bond donors (Lipinski definition) is 1. The lowest BCUT2D eigenvalue weighted by molar-refractivity contribution is 0.551. The van der Waals surface area contributed by atoms with Crippen molar-refractivity contribution in [1.29, 1.82) is 0 Å². The Labute approximate surface area is 115 Å². The van der Waals surface area contributed by atoms with Crippen LogP contribution in [0.1, 0.15) is 26.0 Å². The molecule has 96 valence electrons. The van der Waals surface area contributed by atoms with Crippen molar-refractivity contribution in [2.45, 2.75) is 26.7 Å². The van der Waals surface area contributed by atoms with Crippen molar-refractivity contribution in [3.63, 3.8) is 0 Å². The molecule has 1 N–H and O–H groups in total. The van der Waals surface area contributed by atoms with Crippen LogP contribution in [0.25, 0.3) is 11.6 Å². The summed E-state index contributed by atoms with van der Waals surface area (Å²) < 4.78 is 6.18. The number of rotatable bonds is 5. The Morgan fingerprint density at radius 2 is 2.11 bits per heavy atom. The van der Waals surface area contributed by atoms with Crippen LogP contribution in [0.5, 0.6) is 0 Å². The molecule has 0 unspecified atom stereocenters. The topological polar surface area (TPSA) is 51.0 Å². The number of anilines is 1. The Morgan fingerprint density at radius 3 is 2.72 bits per heavy atom. The molecule has 4 nitrogen and oxygen atoms in total. The summed E-state index contributed by atoms with van der Waals surface area (Å²) in [5.74, 6) is 2.15. The van der Waals surface area contributed by atoms with Crippen LogP contribution in [0.3, 0.4) is 0 Å². The molecule has 2 heterocycles. The molecule has 2 aromatic heterocycles. The van der Waals surface area contributed by atoms with Crippen LogP contribution in [0.4, 0.5) is 5.82 Å². The maximum atomic E-state index is 5.49. The third kappa shape index (κ3) is 3.10. The fraction of sp³-hybridized carbons (Fsp3) is 0.385. The lowest BCUT2D eigenvalue weighted by Crippen LogP contribution is -2.05. The molecule has 0 radical (unpaired) electrons. The number of hydrogen-bond acceptors (Lipinski definition) is 4. The number of nitrogens with zero attached hydrogens (tertiary/aromatic N) is 2. The highest BCUT2D eigenvalue weighted by Crippen LogP contribution is 2.23. The molecule has 0 bridgehead atoms. The van der Waals surface area contributed by atoms with Crippen molar-refractivity contribution in [1.82, 2.24) is 9.97 Å². The monoisotopic (exact) mass is 309 g/mol. The third-order valence-corrected chi connectivity index (χ3v) is 2.92. The molecule has 0 aliphatic carbocycles. The van der Waals surface area contributed by atoms with Gasteiger partial charge in [-0.05, 0) is 40.9 Å². The molecule has 0 saturated carbocycles. The number of halogens is 1. The summed E-state index contributed by atoms with van der Waals surface area (Å²) in [6.45, 7) is 5.11. The number of furan rings is 1. The van der Waals surface area contributed by atoms with Gasteiger partial charge >= 0.3 is 0 Å². The normalized spacial score (nSPS) is 10.6. The summed E-state index contributed by atoms with van der Waals surface area (Å²) in [6, 6.07) is 5.69. The lowest BCUT2D eigenvalue weighted by Gasteiger charge is -2.07. The molecule has 0 amide bonds. The Bertz CT molecular complexity index is 525. The zero-order valence-corrected chi connectivity index (χ0v) is 12.1. The molecule has 18 heavy (non-hydrogen) atoms. The fourth-order valence-electron chi connectivity index (χ4n) is 1.57. The number of aromatic nitrogens is 2. The first-order valence-electron chi connectivity index (χ1n) is 6.10. The largest absolute Gasteiger partial charge is 0.446 e. The van der Waals surface area contributed by atoms with Gasteiger partial charge in [0.2, 0.25) is 0 Å². The van der Waals surface area contributed by atoms with Crippen LogP contribution in [0, 0.1) is 0 Å². The van der Waals surface area contributed by atoms with Crippen molar-refractivity contribution in [2.24, 2.45) is 0 Å². The molecule has 0 fully saturated rings. The fourth-order valence-corrected chi connectivity index (χ4v) is 1.87. The first kappa shape index (κ1) is 13.1. The quantitative estimate of drug-likeness (QED) is 0.910. The highest BCUT2D eigenvalue weighted by Gasteiger charge is 2.09. The maximum absolute atomic E-state index is 5.49. The molecule has 0 saturated heterocycles. The first-order chi connectivity index (χ1) is 8.72. The Hall–Kier alpha value is -1.36. The standard InChI is InChI=1S/C13H16BrN3O/c1-3-7-15-12-8-9(4-2)16-13(17-12)10-5-6-11(14)18-10/h5-6,8H,3-4,7H2,1-2H3,(H,15,16,17). The van der Waals surface area contributed by atoms with E-state index in [9.17, 15) is 0 Å². The predicted molar refractivity (Wildman–Crippen MR) is 75.6 cm³/mol. The maximum Gasteiger partial charge on any atom is 0.197 e. The van der Waals surface area contributed by atoms with Gasteiger partial charge in [0.05, 0.1) is 0 Å². The van der Waals surface area contributed by atoms with Crippen LogP contribution >= 0.6 is 15.9 Å². The molecular formula is C13H16BrN3O. The van der Waals surface area contributed by atoms with Gasteiger partial charge in [0, 0.05) is 18.3 Å². The van der Waals surface area contributed by atoms with E-state index in [1.807, 2.05) is 18.2 Å². The molecule has 2 rings (SSSR count). The minimum atomic E-state index is 0.624. The molecule has 2 aromatic rings. The molecule has 0 atom stereocenters. The second-order valence-electron chi connectivity index (χ2n) is 3.95. The summed E-state index contributed by atoms with van der Waals surface area (Å²) >= 11 is 3.29. The molecule has 0 aromatic carbocycles. The zero-order chi connectivity index (χ0) is 13.0. The highest BCUT2D eigenvalue weighted by molar-refractivity contribution is 9.10. The van der Waals surface area contributed by atoms with Crippen molar-refractivity contribution in [3.8, 4) is 11.6 Å². The smallest absolute Gasteiger partial charge is 0.197 e. The summed E-state index contributed by atoms with van der Waals surface area (Å²) in [6.07, 6.45) is 1.94. The van der Waals surface area contributed by atoms with Crippen LogP contribution in [-0.2, 0) is 6.42 Å². The number of aryl methyl sites for hydroxylation is 1. The third-order valence-electron chi connectivity index (χ3n) is 2.49. The van der Waals surface area contributed by atoms with E-state index in [0.29, 0.717) is 16.3 Å². The van der Waals surface area contributed by atoms with Gasteiger partial charge in [0.15, 0.2) is 16.3 Å². The first-order valence-corrected chi connectivity index (χ1v) is 6.89. The van der Waals surface area contributed by atoms with Gasteiger partial charge in [0.1, 0.15) is 5.82 Å². The van der Waals surface area contributed by atoms with Gasteiger partial charge in [0.25, 0.3) is 0 Å². The van der Waals surface area contributed by atoms with E-state index in [1.54, 1.807) is 0 Å². The van der Waals surface area contributed by atoms with Crippen LogP contribution < -0.4 is 5.32 Å². The molecule has 0 spiro atoms. The SMILES string of the molecule is CCCNc1cc(CC)nc(-c2ccc(Br)o2)n1. The predicted octanol–water partition coefficient (Wildman–Crippen LogP) is 3.88. The Balaban J connectivity index is 2.34. The second-order valence-corrected chi connectivity index (χ2v) is 4.73. The van der Waals surface area contributed by atoms with E-state index in [1.165, 1.54) is 0 Å². The van der Waals surface area contributed by atoms with Crippen LogP contribution in [0.2, 0.25) is 0 Å². The average molecular weight is 310 g/mol. The minimum Gasteiger partial charge on any atom is -0.446 e. The van der Waals surface area contributed by atoms with E-state index in [2.05, 4.69) is 45.1 Å². The molecular weight excluding hydrogens is 294 g/mol. The van der Waals surface area contributed by atoms with Gasteiger partial charge < -0.3 is 9.73 Å². The second kappa shape index (κ2) is 6.00. The average Bonchev–Trinajstić information content (AvgIpc) is 2.82. The van der Waals surface area contributed by atoms with Gasteiger partial charge in [-0.15, -0.1) is 0 Å². The van der Waals surface area contributed by atoms with Gasteiger partial charge in [-0.1, -0.05) is 13.8 Å². The molecule has 0 aliphatic rings. The van der Waals surface area contributed by atoms with Gasteiger partial charge in [-0.2, -0.15) is 0 Å². The summed E-state index contributed by atoms with van der Waals surface area (Å²) in [5.41, 5.74) is 1.01. The zero-order valence-electron chi connectivity index (χ0n) is 10.5. The minimum absolute atomic E-state index is 0.624. The van der Waals surface area contributed by atoms with Crippen molar-refractivity contribution in [3.05, 3.63) is 28.6 Å². The molecule has 0 aliphatic heterocycles. The number of nitrogens with one attached hydrogen (secondary N) is 1. The summed E-state index contributed by atoms with van der Waals surface area (Å²) in [5, 5.41) is 3.28. The summed E-state index contributed by atoms with van der Waals surface area (Å²) in [4.78, 5) is 8.94. The van der Waals surface area contributed by atoms with Crippen LogP contribution in [0.15, 0.2) is 27.3 Å². The summed E-state index contributed by atoms with van der Waals surface area (Å²) in [7, 11) is 0. The van der Waals surface area contributed by atoms with E-state index in [4.69, 9.17) is 4.42 Å². The Morgan fingerprint density at radius 1 is 1.28 bits per heavy atom. The molecule has 5 heteroatoms. The van der Waals surface area contributed by atoms with Gasteiger partial charge in [-0.3, -0.25) is 0 Å². The van der Waals surface area contributed by atoms with Crippen molar-refractivity contribution in [2.75, 3.05) is 11.9 Å². The van der Waals surface area contributed by atoms with E-state index < -0.39 is 0 Å². The van der Waals surface area contributed by atoms with Crippen LogP contribution in [-0.4, -0.2) is 16.5 Å². The van der Waals surface area contributed by atoms with E-state index in [-0.39, 0.29) is 0 Å². The highest BCUT2D eigenvalue weighted by atomic mass is 79.9. The van der Waals surface area contributed by atoms with Gasteiger partial charge in [-0.25, -0.2) is 9.97 Å². The Kier molecular flexibility index (Phi) is 4.36. The van der Waals surface area contributed by atoms with E-state index >= 15 is 0 Å².